The van der Waals surface area contributed by atoms with Crippen LogP contribution in [0.3, 0.4) is 0 Å². The Labute approximate surface area is 79.8 Å². The van der Waals surface area contributed by atoms with Crippen molar-refractivity contribution in [1.82, 2.24) is 14.6 Å². The molecule has 0 unspecified atom stereocenters. The molecule has 2 aromatic heterocycles. The molecule has 1 N–H and O–H groups in total. The summed E-state index contributed by atoms with van der Waals surface area (Å²) in [5.41, 5.74) is 2.50. The minimum absolute atomic E-state index is 0.00841. The van der Waals surface area contributed by atoms with Crippen LogP contribution < -0.4 is 0 Å². The summed E-state index contributed by atoms with van der Waals surface area (Å²) in [4.78, 5) is 3.87. The van der Waals surface area contributed by atoms with Crippen LogP contribution in [-0.4, -0.2) is 19.7 Å². The van der Waals surface area contributed by atoms with E-state index >= 15 is 0 Å². The Balaban J connectivity index is 2.85. The topological polar surface area (TPSA) is 50.4 Å². The van der Waals surface area contributed by atoms with Gasteiger partial charge in [0, 0.05) is 11.8 Å². The molecule has 2 aromatic rings. The molecule has 0 bridgehead atoms. The van der Waals surface area contributed by atoms with E-state index in [1.165, 1.54) is 6.33 Å². The van der Waals surface area contributed by atoms with Crippen molar-refractivity contribution in [2.45, 2.75) is 13.5 Å². The van der Waals surface area contributed by atoms with Gasteiger partial charge in [-0.2, -0.15) is 5.10 Å². The van der Waals surface area contributed by atoms with E-state index in [4.69, 9.17) is 16.7 Å². The fourth-order valence-electron chi connectivity index (χ4n) is 1.33. The van der Waals surface area contributed by atoms with Gasteiger partial charge in [0.2, 0.25) is 0 Å². The van der Waals surface area contributed by atoms with Gasteiger partial charge >= 0.3 is 0 Å². The van der Waals surface area contributed by atoms with Crippen molar-refractivity contribution in [3.8, 4) is 0 Å². The van der Waals surface area contributed by atoms with Crippen molar-refractivity contribution >= 4 is 17.1 Å². The van der Waals surface area contributed by atoms with E-state index in [1.54, 1.807) is 10.7 Å². The summed E-state index contributed by atoms with van der Waals surface area (Å²) in [5, 5.41) is 13.4. The summed E-state index contributed by atoms with van der Waals surface area (Å²) >= 11 is 5.88. The van der Waals surface area contributed by atoms with Crippen LogP contribution in [0.15, 0.2) is 12.5 Å². The zero-order valence-corrected chi connectivity index (χ0v) is 7.78. The van der Waals surface area contributed by atoms with Gasteiger partial charge in [0.25, 0.3) is 0 Å². The van der Waals surface area contributed by atoms with Crippen molar-refractivity contribution in [2.24, 2.45) is 0 Å². The molecule has 0 saturated carbocycles. The van der Waals surface area contributed by atoms with Crippen molar-refractivity contribution in [3.63, 3.8) is 0 Å². The normalized spacial score (nSPS) is 11.0. The van der Waals surface area contributed by atoms with Crippen LogP contribution in [-0.2, 0) is 6.61 Å². The van der Waals surface area contributed by atoms with Gasteiger partial charge in [-0.25, -0.2) is 9.50 Å². The van der Waals surface area contributed by atoms with Crippen LogP contribution in [0.4, 0.5) is 0 Å². The molecular weight excluding hydrogens is 190 g/mol. The summed E-state index contributed by atoms with van der Waals surface area (Å²) in [5.74, 6) is 0. The number of aliphatic hydroxyl groups is 1. The third-order valence-electron chi connectivity index (χ3n) is 2.06. The van der Waals surface area contributed by atoms with Gasteiger partial charge in [-0.1, -0.05) is 11.6 Å². The predicted octanol–water partition coefficient (Wildman–Crippen LogP) is 1.18. The second kappa shape index (κ2) is 2.97. The second-order valence-electron chi connectivity index (χ2n) is 2.78. The Morgan fingerprint density at radius 2 is 2.38 bits per heavy atom. The lowest BCUT2D eigenvalue weighted by Crippen LogP contribution is -1.91. The lowest BCUT2D eigenvalue weighted by molar-refractivity contribution is 0.281. The van der Waals surface area contributed by atoms with E-state index in [0.717, 1.165) is 16.6 Å². The minimum atomic E-state index is -0.00841. The number of nitrogens with zero attached hydrogens (tertiary/aromatic N) is 3. The van der Waals surface area contributed by atoms with E-state index in [1.807, 2.05) is 6.92 Å². The SMILES string of the molecule is Cc1c(CO)cn2ncnc(Cl)c12. The summed E-state index contributed by atoms with van der Waals surface area (Å²) in [6, 6.07) is 0. The van der Waals surface area contributed by atoms with Crippen molar-refractivity contribution in [1.29, 1.82) is 0 Å². The first-order valence-electron chi connectivity index (χ1n) is 3.82. The molecular formula is C8H8ClN3O. The van der Waals surface area contributed by atoms with Crippen LogP contribution in [0, 0.1) is 6.92 Å². The average Bonchev–Trinajstić information content (AvgIpc) is 2.44. The Morgan fingerprint density at radius 1 is 1.62 bits per heavy atom. The monoisotopic (exact) mass is 197 g/mol. The number of halogens is 1. The maximum Gasteiger partial charge on any atom is 0.156 e. The van der Waals surface area contributed by atoms with E-state index in [-0.39, 0.29) is 6.61 Å². The van der Waals surface area contributed by atoms with E-state index < -0.39 is 0 Å². The van der Waals surface area contributed by atoms with Crippen LogP contribution in [0.2, 0.25) is 5.15 Å². The molecule has 0 aromatic carbocycles. The quantitative estimate of drug-likeness (QED) is 0.747. The van der Waals surface area contributed by atoms with E-state index in [2.05, 4.69) is 10.1 Å². The van der Waals surface area contributed by atoms with Crippen molar-refractivity contribution < 1.29 is 5.11 Å². The fraction of sp³-hybridized carbons (Fsp3) is 0.250. The Morgan fingerprint density at radius 3 is 3.00 bits per heavy atom. The van der Waals surface area contributed by atoms with Crippen molar-refractivity contribution in [3.05, 3.63) is 28.8 Å². The highest BCUT2D eigenvalue weighted by Gasteiger charge is 2.09. The van der Waals surface area contributed by atoms with Crippen molar-refractivity contribution in [2.75, 3.05) is 0 Å². The molecule has 0 atom stereocenters. The van der Waals surface area contributed by atoms with Gasteiger partial charge in [-0.3, -0.25) is 0 Å². The highest BCUT2D eigenvalue weighted by atomic mass is 35.5. The van der Waals surface area contributed by atoms with Crippen LogP contribution in [0.5, 0.6) is 0 Å². The number of aliphatic hydroxyl groups excluding tert-OH is 1. The molecule has 0 aliphatic rings. The molecule has 13 heavy (non-hydrogen) atoms. The Hall–Kier alpha value is -1.13. The van der Waals surface area contributed by atoms with Gasteiger partial charge in [0.05, 0.1) is 6.61 Å². The molecule has 0 saturated heterocycles. The number of hydrogen-bond acceptors (Lipinski definition) is 3. The van der Waals surface area contributed by atoms with Gasteiger partial charge in [0.1, 0.15) is 11.8 Å². The molecule has 0 fully saturated rings. The molecule has 0 amide bonds. The number of fused-ring (bicyclic) bond motifs is 1. The minimum Gasteiger partial charge on any atom is -0.392 e. The fourth-order valence-corrected chi connectivity index (χ4v) is 1.60. The molecule has 0 radical (unpaired) electrons. The molecule has 2 heterocycles. The van der Waals surface area contributed by atoms with Crippen LogP contribution in [0.1, 0.15) is 11.1 Å². The third-order valence-corrected chi connectivity index (χ3v) is 2.33. The van der Waals surface area contributed by atoms with Crippen LogP contribution >= 0.6 is 11.6 Å². The standard InChI is InChI=1S/C8H8ClN3O/c1-5-6(3-13)2-12-7(5)8(9)10-4-11-12/h2,4,13H,3H2,1H3. The number of rotatable bonds is 1. The maximum absolute atomic E-state index is 9.01. The maximum atomic E-state index is 9.01. The first kappa shape index (κ1) is 8.47. The number of aryl methyl sites for hydroxylation is 1. The highest BCUT2D eigenvalue weighted by Crippen LogP contribution is 2.21. The molecule has 0 spiro atoms. The van der Waals surface area contributed by atoms with Crippen LogP contribution in [0.25, 0.3) is 5.52 Å². The largest absolute Gasteiger partial charge is 0.392 e. The molecule has 0 aliphatic carbocycles. The zero-order valence-electron chi connectivity index (χ0n) is 7.03. The molecule has 68 valence electrons. The summed E-state index contributed by atoms with van der Waals surface area (Å²) in [6.07, 6.45) is 3.13. The van der Waals surface area contributed by atoms with Gasteiger partial charge in [-0.05, 0) is 12.5 Å². The highest BCUT2D eigenvalue weighted by molar-refractivity contribution is 6.32. The first-order chi connectivity index (χ1) is 6.24. The Bertz CT molecular complexity index is 452. The zero-order chi connectivity index (χ0) is 9.42. The number of aromatic nitrogens is 3. The van der Waals surface area contributed by atoms with E-state index in [0.29, 0.717) is 5.15 Å². The second-order valence-corrected chi connectivity index (χ2v) is 3.14. The van der Waals surface area contributed by atoms with Gasteiger partial charge in [-0.15, -0.1) is 0 Å². The lowest BCUT2D eigenvalue weighted by atomic mass is 10.2. The first-order valence-corrected chi connectivity index (χ1v) is 4.20. The Kier molecular flexibility index (Phi) is 1.94. The molecule has 4 nitrogen and oxygen atoms in total. The molecule has 5 heteroatoms. The van der Waals surface area contributed by atoms with Gasteiger partial charge < -0.3 is 5.11 Å². The summed E-state index contributed by atoms with van der Waals surface area (Å²) in [6.45, 7) is 1.88. The summed E-state index contributed by atoms with van der Waals surface area (Å²) < 4.78 is 1.62. The molecule has 2 rings (SSSR count). The predicted molar refractivity (Wildman–Crippen MR) is 48.7 cm³/mol. The number of hydrogen-bond donors (Lipinski definition) is 1. The van der Waals surface area contributed by atoms with E-state index in [9.17, 15) is 0 Å². The third kappa shape index (κ3) is 1.18. The molecule has 0 aliphatic heterocycles. The lowest BCUT2D eigenvalue weighted by Gasteiger charge is -1.95. The van der Waals surface area contributed by atoms with Gasteiger partial charge in [0.15, 0.2) is 5.15 Å². The average molecular weight is 198 g/mol. The smallest absolute Gasteiger partial charge is 0.156 e. The summed E-state index contributed by atoms with van der Waals surface area (Å²) in [7, 11) is 0.